The minimum atomic E-state index is -1.13. The van der Waals surface area contributed by atoms with Crippen LogP contribution in [-0.4, -0.2) is 17.0 Å². The van der Waals surface area contributed by atoms with E-state index in [1.165, 1.54) is 0 Å². The van der Waals surface area contributed by atoms with Crippen LogP contribution in [0.4, 0.5) is 0 Å². The SMILES string of the molecule is CCC(C)(N)P(N)COC(C)(CC)P(N)N. The van der Waals surface area contributed by atoms with Crippen LogP contribution >= 0.6 is 16.3 Å². The highest BCUT2D eigenvalue weighted by atomic mass is 31.1. The molecule has 0 radical (unpaired) electrons. The van der Waals surface area contributed by atoms with E-state index in [1.54, 1.807) is 0 Å². The summed E-state index contributed by atoms with van der Waals surface area (Å²) >= 11 is 0. The van der Waals surface area contributed by atoms with Crippen molar-refractivity contribution in [3.63, 3.8) is 0 Å². The van der Waals surface area contributed by atoms with Gasteiger partial charge in [0.2, 0.25) is 0 Å². The minimum Gasteiger partial charge on any atom is -0.362 e. The fourth-order valence-corrected chi connectivity index (χ4v) is 2.72. The van der Waals surface area contributed by atoms with Crippen molar-refractivity contribution >= 4 is 16.3 Å². The molecule has 0 saturated carbocycles. The standard InChI is InChI=1S/C9H26N4OP2/c1-5-8(3,10)15(11)7-14-9(4,6-2)16(12)13/h5-7,10-13H2,1-4H3. The Hall–Kier alpha value is 0.660. The number of rotatable bonds is 7. The lowest BCUT2D eigenvalue weighted by Gasteiger charge is -2.36. The highest BCUT2D eigenvalue weighted by Crippen LogP contribution is 2.46. The molecule has 0 aliphatic rings. The Balaban J connectivity index is 4.33. The maximum atomic E-state index is 6.07. The van der Waals surface area contributed by atoms with Gasteiger partial charge in [0.1, 0.15) is 5.34 Å². The van der Waals surface area contributed by atoms with Crippen molar-refractivity contribution in [2.75, 3.05) is 6.35 Å². The molecule has 3 unspecified atom stereocenters. The van der Waals surface area contributed by atoms with Crippen LogP contribution in [0.15, 0.2) is 0 Å². The Morgan fingerprint density at radius 1 is 1.06 bits per heavy atom. The number of hydrogen-bond acceptors (Lipinski definition) is 5. The third kappa shape index (κ3) is 4.50. The van der Waals surface area contributed by atoms with Gasteiger partial charge in [-0.2, -0.15) is 0 Å². The van der Waals surface area contributed by atoms with Crippen LogP contribution in [0, 0.1) is 0 Å². The van der Waals surface area contributed by atoms with E-state index in [1.807, 2.05) is 27.7 Å². The quantitative estimate of drug-likeness (QED) is 0.525. The summed E-state index contributed by atoms with van der Waals surface area (Å²) in [4.78, 5) is 0. The van der Waals surface area contributed by atoms with Gasteiger partial charge in [0.05, 0.1) is 14.6 Å². The fourth-order valence-electron chi connectivity index (χ4n) is 0.918. The Kier molecular flexibility index (Phi) is 6.82. The average molecular weight is 268 g/mol. The summed E-state index contributed by atoms with van der Waals surface area (Å²) in [5.74, 6) is 0. The molecule has 16 heavy (non-hydrogen) atoms. The summed E-state index contributed by atoms with van der Waals surface area (Å²) in [6.07, 6.45) is 2.07. The maximum absolute atomic E-state index is 6.07. The van der Waals surface area contributed by atoms with Crippen LogP contribution in [0.3, 0.4) is 0 Å². The van der Waals surface area contributed by atoms with Gasteiger partial charge in [-0.3, -0.25) is 11.0 Å². The van der Waals surface area contributed by atoms with E-state index in [0.29, 0.717) is 6.35 Å². The first-order valence-corrected chi connectivity index (χ1v) is 8.52. The molecule has 0 aliphatic heterocycles. The average Bonchev–Trinajstić information content (AvgIpc) is 2.24. The molecule has 0 amide bonds. The van der Waals surface area contributed by atoms with E-state index >= 15 is 0 Å². The van der Waals surface area contributed by atoms with E-state index in [-0.39, 0.29) is 5.28 Å². The monoisotopic (exact) mass is 268 g/mol. The number of hydrogen-bond donors (Lipinski definition) is 4. The Morgan fingerprint density at radius 2 is 1.56 bits per heavy atom. The summed E-state index contributed by atoms with van der Waals surface area (Å²) in [7, 11) is -1.99. The van der Waals surface area contributed by atoms with Crippen molar-refractivity contribution in [2.45, 2.75) is 51.2 Å². The molecular weight excluding hydrogens is 242 g/mol. The molecule has 5 nitrogen and oxygen atoms in total. The third-order valence-electron chi connectivity index (χ3n) is 3.09. The van der Waals surface area contributed by atoms with E-state index in [0.717, 1.165) is 12.8 Å². The van der Waals surface area contributed by atoms with Crippen molar-refractivity contribution in [1.29, 1.82) is 0 Å². The van der Waals surface area contributed by atoms with Crippen molar-refractivity contribution in [3.05, 3.63) is 0 Å². The summed E-state index contributed by atoms with van der Waals surface area (Å²) in [6.45, 7) is 7.93. The Morgan fingerprint density at radius 3 is 1.88 bits per heavy atom. The number of nitrogens with two attached hydrogens (primary N) is 4. The molecule has 0 bridgehead atoms. The van der Waals surface area contributed by atoms with Gasteiger partial charge >= 0.3 is 0 Å². The molecule has 0 aromatic rings. The van der Waals surface area contributed by atoms with Crippen LogP contribution in [0.25, 0.3) is 0 Å². The molecule has 0 aromatic carbocycles. The maximum Gasteiger partial charge on any atom is 0.111 e. The van der Waals surface area contributed by atoms with Crippen molar-refractivity contribution in [3.8, 4) is 0 Å². The zero-order chi connectivity index (χ0) is 13.0. The predicted octanol–water partition coefficient (Wildman–Crippen LogP) is 1.76. The minimum absolute atomic E-state index is 0.351. The van der Waals surface area contributed by atoms with Crippen LogP contribution in [-0.2, 0) is 4.74 Å². The zero-order valence-electron chi connectivity index (χ0n) is 10.7. The largest absolute Gasteiger partial charge is 0.362 e. The number of ether oxygens (including phenoxy) is 1. The van der Waals surface area contributed by atoms with E-state index < -0.39 is 21.6 Å². The zero-order valence-corrected chi connectivity index (χ0v) is 12.5. The lowest BCUT2D eigenvalue weighted by Crippen LogP contribution is -2.39. The van der Waals surface area contributed by atoms with Crippen LogP contribution < -0.4 is 22.2 Å². The molecule has 3 atom stereocenters. The molecule has 0 spiro atoms. The second-order valence-corrected chi connectivity index (χ2v) is 8.37. The summed E-state index contributed by atoms with van der Waals surface area (Å²) in [5, 5.41) is -0.810. The predicted molar refractivity (Wildman–Crippen MR) is 73.9 cm³/mol. The summed E-state index contributed by atoms with van der Waals surface area (Å²) in [6, 6.07) is 0. The van der Waals surface area contributed by atoms with Crippen molar-refractivity contribution in [2.24, 2.45) is 22.2 Å². The van der Waals surface area contributed by atoms with Gasteiger partial charge in [-0.05, 0) is 26.7 Å². The van der Waals surface area contributed by atoms with E-state index in [2.05, 4.69) is 0 Å². The third-order valence-corrected chi connectivity index (χ3v) is 6.66. The molecule has 0 rings (SSSR count). The molecule has 0 aromatic heterocycles. The van der Waals surface area contributed by atoms with Crippen LogP contribution in [0.5, 0.6) is 0 Å². The van der Waals surface area contributed by atoms with Crippen molar-refractivity contribution < 1.29 is 4.74 Å². The first kappa shape index (κ1) is 16.7. The van der Waals surface area contributed by atoms with Gasteiger partial charge in [-0.1, -0.05) is 13.8 Å². The van der Waals surface area contributed by atoms with Crippen LogP contribution in [0.1, 0.15) is 40.5 Å². The molecule has 8 N–H and O–H groups in total. The van der Waals surface area contributed by atoms with E-state index in [9.17, 15) is 0 Å². The fraction of sp³-hybridized carbons (Fsp3) is 1.00. The lowest BCUT2D eigenvalue weighted by atomic mass is 10.3. The van der Waals surface area contributed by atoms with E-state index in [4.69, 9.17) is 27.0 Å². The molecule has 0 heterocycles. The van der Waals surface area contributed by atoms with Gasteiger partial charge in [0.25, 0.3) is 0 Å². The first-order valence-electron chi connectivity index (χ1n) is 5.44. The van der Waals surface area contributed by atoms with Gasteiger partial charge in [0, 0.05) is 13.4 Å². The van der Waals surface area contributed by atoms with Gasteiger partial charge < -0.3 is 16.0 Å². The van der Waals surface area contributed by atoms with Gasteiger partial charge in [0.15, 0.2) is 0 Å². The highest BCUT2D eigenvalue weighted by molar-refractivity contribution is 7.56. The Labute approximate surface area is 101 Å². The van der Waals surface area contributed by atoms with Crippen LogP contribution in [0.2, 0.25) is 0 Å². The van der Waals surface area contributed by atoms with Gasteiger partial charge in [-0.15, -0.1) is 0 Å². The lowest BCUT2D eigenvalue weighted by molar-refractivity contribution is 0.0627. The Bertz CT molecular complexity index is 216. The second-order valence-electron chi connectivity index (χ2n) is 4.39. The molecule has 0 fully saturated rings. The molecule has 0 aliphatic carbocycles. The highest BCUT2D eigenvalue weighted by Gasteiger charge is 2.32. The molecule has 7 heteroatoms. The topological polar surface area (TPSA) is 113 Å². The summed E-state index contributed by atoms with van der Waals surface area (Å²) < 4.78 is 5.79. The molecule has 98 valence electrons. The van der Waals surface area contributed by atoms with Crippen molar-refractivity contribution in [1.82, 2.24) is 0 Å². The second kappa shape index (κ2) is 6.55. The summed E-state index contributed by atoms with van der Waals surface area (Å²) in [5.41, 5.74) is 23.7. The molecular formula is C9H26N4OP2. The first-order chi connectivity index (χ1) is 7.19. The van der Waals surface area contributed by atoms with Gasteiger partial charge in [-0.25, -0.2) is 0 Å². The normalized spacial score (nSPS) is 21.6. The molecule has 0 saturated heterocycles. The smallest absolute Gasteiger partial charge is 0.111 e.